The molecule has 0 bridgehead atoms. The maximum atomic E-state index is 12.2. The lowest BCUT2D eigenvalue weighted by Gasteiger charge is -2.07. The van der Waals surface area contributed by atoms with Gasteiger partial charge in [0.05, 0.1) is 6.20 Å². The van der Waals surface area contributed by atoms with E-state index in [0.717, 1.165) is 11.1 Å². The van der Waals surface area contributed by atoms with Crippen LogP contribution in [0.3, 0.4) is 0 Å². The molecule has 0 aliphatic heterocycles. The topological polar surface area (TPSA) is 84.0 Å². The van der Waals surface area contributed by atoms with Gasteiger partial charge in [-0.25, -0.2) is 4.98 Å². The van der Waals surface area contributed by atoms with Crippen molar-refractivity contribution in [1.29, 1.82) is 0 Å². The monoisotopic (exact) mass is 360 g/mol. The Balaban J connectivity index is 1.41. The zero-order valence-electron chi connectivity index (χ0n) is 14.8. The molecule has 2 aromatic carbocycles. The zero-order valence-corrected chi connectivity index (χ0v) is 14.8. The molecule has 0 aliphatic carbocycles. The highest BCUT2D eigenvalue weighted by atomic mass is 16.2. The predicted octanol–water partition coefficient (Wildman–Crippen LogP) is 2.69. The Morgan fingerprint density at radius 1 is 0.778 bits per heavy atom. The molecule has 0 saturated carbocycles. The van der Waals surface area contributed by atoms with Crippen molar-refractivity contribution in [3.05, 3.63) is 84.4 Å². The standard InChI is InChI=1S/C21H20N4O2/c26-20(18-9-7-17(8-10-18)16-5-2-1-3-6-16)24-11-4-12-25-21(27)19-15-22-13-14-23-19/h1-3,5-10,13-15H,4,11-12H2,(H,24,26)(H,25,27). The number of hydrogen-bond acceptors (Lipinski definition) is 4. The SMILES string of the molecule is O=C(NCCCNC(=O)c1cnccn1)c1ccc(-c2ccccc2)cc1. The van der Waals surface area contributed by atoms with E-state index in [1.54, 1.807) is 0 Å². The molecular formula is C21H20N4O2. The first-order valence-electron chi connectivity index (χ1n) is 8.72. The molecule has 2 amide bonds. The van der Waals surface area contributed by atoms with Gasteiger partial charge in [0.15, 0.2) is 0 Å². The van der Waals surface area contributed by atoms with Crippen LogP contribution in [0.4, 0.5) is 0 Å². The predicted molar refractivity (Wildman–Crippen MR) is 103 cm³/mol. The quantitative estimate of drug-likeness (QED) is 0.635. The van der Waals surface area contributed by atoms with Crippen molar-refractivity contribution in [2.75, 3.05) is 13.1 Å². The first-order chi connectivity index (χ1) is 13.2. The average molecular weight is 360 g/mol. The van der Waals surface area contributed by atoms with E-state index in [9.17, 15) is 9.59 Å². The molecule has 0 unspecified atom stereocenters. The second-order valence-electron chi connectivity index (χ2n) is 5.90. The maximum Gasteiger partial charge on any atom is 0.271 e. The van der Waals surface area contributed by atoms with Gasteiger partial charge in [-0.3, -0.25) is 14.6 Å². The first-order valence-corrected chi connectivity index (χ1v) is 8.72. The molecule has 27 heavy (non-hydrogen) atoms. The van der Waals surface area contributed by atoms with Crippen LogP contribution >= 0.6 is 0 Å². The van der Waals surface area contributed by atoms with Crippen molar-refractivity contribution in [3.63, 3.8) is 0 Å². The van der Waals surface area contributed by atoms with Gasteiger partial charge in [0.1, 0.15) is 5.69 Å². The summed E-state index contributed by atoms with van der Waals surface area (Å²) in [6.07, 6.45) is 5.02. The molecule has 0 fully saturated rings. The van der Waals surface area contributed by atoms with E-state index in [4.69, 9.17) is 0 Å². The van der Waals surface area contributed by atoms with Gasteiger partial charge in [-0.05, 0) is 29.7 Å². The van der Waals surface area contributed by atoms with E-state index in [2.05, 4.69) is 20.6 Å². The largest absolute Gasteiger partial charge is 0.352 e. The molecule has 0 saturated heterocycles. The second kappa shape index (κ2) is 9.24. The molecule has 0 radical (unpaired) electrons. The highest BCUT2D eigenvalue weighted by Gasteiger charge is 2.07. The second-order valence-corrected chi connectivity index (χ2v) is 5.90. The third-order valence-electron chi connectivity index (χ3n) is 3.97. The van der Waals surface area contributed by atoms with Crippen LogP contribution in [-0.2, 0) is 0 Å². The number of nitrogens with zero attached hydrogens (tertiary/aromatic N) is 2. The first kappa shape index (κ1) is 18.3. The lowest BCUT2D eigenvalue weighted by molar-refractivity contribution is 0.0947. The fourth-order valence-corrected chi connectivity index (χ4v) is 2.55. The fraction of sp³-hybridized carbons (Fsp3) is 0.143. The van der Waals surface area contributed by atoms with Crippen LogP contribution in [0.1, 0.15) is 27.3 Å². The number of nitrogens with one attached hydrogen (secondary N) is 2. The van der Waals surface area contributed by atoms with Gasteiger partial charge in [0.2, 0.25) is 0 Å². The molecule has 2 N–H and O–H groups in total. The summed E-state index contributed by atoms with van der Waals surface area (Å²) in [5, 5.41) is 5.60. The summed E-state index contributed by atoms with van der Waals surface area (Å²) in [5.74, 6) is -0.402. The van der Waals surface area contributed by atoms with Crippen LogP contribution in [0.2, 0.25) is 0 Å². The Kier molecular flexibility index (Phi) is 6.25. The van der Waals surface area contributed by atoms with Gasteiger partial charge in [-0.2, -0.15) is 0 Å². The summed E-state index contributed by atoms with van der Waals surface area (Å²) in [5.41, 5.74) is 3.07. The summed E-state index contributed by atoms with van der Waals surface area (Å²) in [7, 11) is 0. The van der Waals surface area contributed by atoms with E-state index in [1.165, 1.54) is 18.6 Å². The highest BCUT2D eigenvalue weighted by molar-refractivity contribution is 5.94. The number of aromatic nitrogens is 2. The van der Waals surface area contributed by atoms with Gasteiger partial charge in [-0.1, -0.05) is 42.5 Å². The minimum absolute atomic E-state index is 0.130. The normalized spacial score (nSPS) is 10.2. The van der Waals surface area contributed by atoms with E-state index in [0.29, 0.717) is 25.1 Å². The number of hydrogen-bond donors (Lipinski definition) is 2. The molecule has 3 aromatic rings. The molecule has 136 valence electrons. The average Bonchev–Trinajstić information content (AvgIpc) is 2.74. The van der Waals surface area contributed by atoms with E-state index in [-0.39, 0.29) is 17.5 Å². The van der Waals surface area contributed by atoms with Crippen molar-refractivity contribution in [3.8, 4) is 11.1 Å². The lowest BCUT2D eigenvalue weighted by atomic mass is 10.0. The van der Waals surface area contributed by atoms with Crippen LogP contribution in [0, 0.1) is 0 Å². The highest BCUT2D eigenvalue weighted by Crippen LogP contribution is 2.19. The summed E-state index contributed by atoms with van der Waals surface area (Å²) in [6.45, 7) is 0.919. The van der Waals surface area contributed by atoms with Gasteiger partial charge >= 0.3 is 0 Å². The molecule has 0 aliphatic rings. The van der Waals surface area contributed by atoms with Crippen molar-refractivity contribution < 1.29 is 9.59 Å². The van der Waals surface area contributed by atoms with E-state index in [1.807, 2.05) is 54.6 Å². The Bertz CT molecular complexity index is 881. The number of carbonyl (C=O) groups is 2. The Morgan fingerprint density at radius 2 is 1.44 bits per heavy atom. The third-order valence-corrected chi connectivity index (χ3v) is 3.97. The smallest absolute Gasteiger partial charge is 0.271 e. The Hall–Kier alpha value is -3.54. The van der Waals surface area contributed by atoms with E-state index < -0.39 is 0 Å². The van der Waals surface area contributed by atoms with Crippen molar-refractivity contribution in [2.45, 2.75) is 6.42 Å². The number of amides is 2. The van der Waals surface area contributed by atoms with Crippen molar-refractivity contribution >= 4 is 11.8 Å². The molecular weight excluding hydrogens is 340 g/mol. The minimum atomic E-state index is -0.272. The number of rotatable bonds is 7. The molecule has 6 heteroatoms. The zero-order chi connectivity index (χ0) is 18.9. The van der Waals surface area contributed by atoms with Crippen LogP contribution in [0.25, 0.3) is 11.1 Å². The van der Waals surface area contributed by atoms with E-state index >= 15 is 0 Å². The summed E-state index contributed by atoms with van der Waals surface area (Å²) < 4.78 is 0. The van der Waals surface area contributed by atoms with Crippen molar-refractivity contribution in [1.82, 2.24) is 20.6 Å². The van der Waals surface area contributed by atoms with Crippen molar-refractivity contribution in [2.24, 2.45) is 0 Å². The lowest BCUT2D eigenvalue weighted by Crippen LogP contribution is -2.30. The van der Waals surface area contributed by atoms with Gasteiger partial charge in [0, 0.05) is 31.0 Å². The van der Waals surface area contributed by atoms with Gasteiger partial charge in [0.25, 0.3) is 11.8 Å². The Morgan fingerprint density at radius 3 is 2.11 bits per heavy atom. The third kappa shape index (κ3) is 5.22. The van der Waals surface area contributed by atoms with Crippen LogP contribution in [0.15, 0.2) is 73.2 Å². The fourth-order valence-electron chi connectivity index (χ4n) is 2.55. The molecule has 0 spiro atoms. The van der Waals surface area contributed by atoms with Gasteiger partial charge in [-0.15, -0.1) is 0 Å². The molecule has 1 aromatic heterocycles. The molecule has 1 heterocycles. The summed E-state index contributed by atoms with van der Waals surface area (Å²) in [4.78, 5) is 31.8. The van der Waals surface area contributed by atoms with Crippen LogP contribution in [-0.4, -0.2) is 34.9 Å². The summed E-state index contributed by atoms with van der Waals surface area (Å²) in [6, 6.07) is 17.5. The number of carbonyl (C=O) groups excluding carboxylic acids is 2. The molecule has 6 nitrogen and oxygen atoms in total. The number of benzene rings is 2. The minimum Gasteiger partial charge on any atom is -0.352 e. The van der Waals surface area contributed by atoms with Gasteiger partial charge < -0.3 is 10.6 Å². The molecule has 0 atom stereocenters. The van der Waals surface area contributed by atoms with Crippen LogP contribution in [0.5, 0.6) is 0 Å². The Labute approximate surface area is 157 Å². The summed E-state index contributed by atoms with van der Waals surface area (Å²) >= 11 is 0. The maximum absolute atomic E-state index is 12.2. The van der Waals surface area contributed by atoms with Crippen LogP contribution < -0.4 is 10.6 Å². The molecule has 3 rings (SSSR count).